The van der Waals surface area contributed by atoms with Crippen molar-refractivity contribution in [1.29, 1.82) is 0 Å². The zero-order valence-corrected chi connectivity index (χ0v) is 12.0. The van der Waals surface area contributed by atoms with Gasteiger partial charge in [0.2, 0.25) is 5.89 Å². The molecule has 1 fully saturated rings. The van der Waals surface area contributed by atoms with E-state index in [0.29, 0.717) is 11.8 Å². The number of rotatable bonds is 5. The average molecular weight is 303 g/mol. The van der Waals surface area contributed by atoms with Crippen LogP contribution in [0.1, 0.15) is 60.2 Å². The topological polar surface area (TPSA) is 114 Å². The van der Waals surface area contributed by atoms with Crippen molar-refractivity contribution in [3.63, 3.8) is 0 Å². The first-order valence-corrected chi connectivity index (χ1v) is 7.34. The van der Waals surface area contributed by atoms with E-state index in [9.17, 15) is 4.79 Å². The fraction of sp³-hybridized carbons (Fsp3) is 0.500. The molecule has 0 amide bonds. The molecule has 0 aromatic carbocycles. The van der Waals surface area contributed by atoms with Gasteiger partial charge in [0, 0.05) is 18.3 Å². The van der Waals surface area contributed by atoms with Gasteiger partial charge in [0.05, 0.1) is 6.54 Å². The smallest absolute Gasteiger partial charge is 0.358 e. The van der Waals surface area contributed by atoms with E-state index >= 15 is 0 Å². The van der Waals surface area contributed by atoms with Gasteiger partial charge in [-0.2, -0.15) is 4.98 Å². The fourth-order valence-corrected chi connectivity index (χ4v) is 2.65. The first-order chi connectivity index (χ1) is 10.7. The monoisotopic (exact) mass is 303 g/mol. The van der Waals surface area contributed by atoms with Crippen molar-refractivity contribution in [3.05, 3.63) is 29.8 Å². The summed E-state index contributed by atoms with van der Waals surface area (Å²) in [7, 11) is 0. The molecule has 2 N–H and O–H groups in total. The summed E-state index contributed by atoms with van der Waals surface area (Å²) in [5.74, 6) is 0.588. The minimum atomic E-state index is -1.14. The van der Waals surface area contributed by atoms with Crippen molar-refractivity contribution in [2.24, 2.45) is 0 Å². The van der Waals surface area contributed by atoms with Crippen LogP contribution < -0.4 is 5.32 Å². The Morgan fingerprint density at radius 3 is 2.82 bits per heavy atom. The summed E-state index contributed by atoms with van der Waals surface area (Å²) in [5, 5.41) is 16.0. The van der Waals surface area contributed by atoms with Crippen LogP contribution in [0.4, 0.5) is 5.82 Å². The summed E-state index contributed by atoms with van der Waals surface area (Å²) in [6, 6.07) is 0. The Balaban J connectivity index is 1.65. The van der Waals surface area contributed by atoms with Gasteiger partial charge in [-0.05, 0) is 12.8 Å². The number of nitrogens with zero attached hydrogens (tertiary/aromatic N) is 4. The van der Waals surface area contributed by atoms with E-state index in [1.807, 2.05) is 0 Å². The van der Waals surface area contributed by atoms with Crippen LogP contribution >= 0.6 is 0 Å². The minimum Gasteiger partial charge on any atom is -0.476 e. The Hall–Kier alpha value is -2.51. The summed E-state index contributed by atoms with van der Waals surface area (Å²) in [6.07, 6.45) is 8.63. The van der Waals surface area contributed by atoms with E-state index < -0.39 is 5.97 Å². The van der Waals surface area contributed by atoms with Gasteiger partial charge in [-0.15, -0.1) is 0 Å². The molecule has 22 heavy (non-hydrogen) atoms. The standard InChI is InChI=1S/C14H17N5O3/c20-14(21)11-13(16-7-6-15-11)17-8-10-18-12(19-22-10)9-4-2-1-3-5-9/h6-7,9H,1-5,8H2,(H,16,17)(H,20,21). The molecule has 0 spiro atoms. The molecule has 2 aromatic heterocycles. The number of carboxylic acids is 1. The van der Waals surface area contributed by atoms with Gasteiger partial charge in [-0.1, -0.05) is 24.4 Å². The van der Waals surface area contributed by atoms with Gasteiger partial charge in [-0.3, -0.25) is 0 Å². The molecule has 0 atom stereocenters. The molecule has 1 aliphatic rings. The molecule has 0 saturated heterocycles. The van der Waals surface area contributed by atoms with Crippen LogP contribution in [0.3, 0.4) is 0 Å². The van der Waals surface area contributed by atoms with E-state index in [2.05, 4.69) is 25.4 Å². The maximum absolute atomic E-state index is 11.0. The predicted molar refractivity (Wildman–Crippen MR) is 76.4 cm³/mol. The van der Waals surface area contributed by atoms with E-state index in [0.717, 1.165) is 18.7 Å². The third kappa shape index (κ3) is 3.21. The molecule has 0 radical (unpaired) electrons. The molecule has 0 aliphatic heterocycles. The molecule has 3 rings (SSSR count). The van der Waals surface area contributed by atoms with Crippen molar-refractivity contribution in [2.45, 2.75) is 44.6 Å². The first kappa shape index (κ1) is 14.4. The highest BCUT2D eigenvalue weighted by Gasteiger charge is 2.21. The molecule has 0 unspecified atom stereocenters. The minimum absolute atomic E-state index is 0.130. The van der Waals surface area contributed by atoms with Crippen LogP contribution in [0.25, 0.3) is 0 Å². The van der Waals surface area contributed by atoms with Gasteiger partial charge in [0.1, 0.15) is 0 Å². The van der Waals surface area contributed by atoms with E-state index in [4.69, 9.17) is 9.63 Å². The van der Waals surface area contributed by atoms with Gasteiger partial charge in [0.15, 0.2) is 17.3 Å². The third-order valence-electron chi connectivity index (χ3n) is 3.76. The van der Waals surface area contributed by atoms with Gasteiger partial charge in [0.25, 0.3) is 0 Å². The van der Waals surface area contributed by atoms with Crippen molar-refractivity contribution in [2.75, 3.05) is 5.32 Å². The second-order valence-electron chi connectivity index (χ2n) is 5.29. The Bertz CT molecular complexity index is 651. The van der Waals surface area contributed by atoms with Crippen LogP contribution in [0, 0.1) is 0 Å². The fourth-order valence-electron chi connectivity index (χ4n) is 2.65. The Kier molecular flexibility index (Phi) is 4.27. The van der Waals surface area contributed by atoms with Crippen LogP contribution in [0.15, 0.2) is 16.9 Å². The Morgan fingerprint density at radius 2 is 2.05 bits per heavy atom. The van der Waals surface area contributed by atoms with Gasteiger partial charge in [-0.25, -0.2) is 14.8 Å². The SMILES string of the molecule is O=C(O)c1nccnc1NCc1nc(C2CCCCC2)no1. The second-order valence-corrected chi connectivity index (χ2v) is 5.29. The maximum atomic E-state index is 11.0. The molecule has 2 aromatic rings. The number of aromatic nitrogens is 4. The van der Waals surface area contributed by atoms with E-state index in [1.165, 1.54) is 31.7 Å². The lowest BCUT2D eigenvalue weighted by molar-refractivity contribution is 0.0691. The number of hydrogen-bond donors (Lipinski definition) is 2. The van der Waals surface area contributed by atoms with E-state index in [-0.39, 0.29) is 18.1 Å². The van der Waals surface area contributed by atoms with Gasteiger partial charge >= 0.3 is 5.97 Å². The third-order valence-corrected chi connectivity index (χ3v) is 3.76. The van der Waals surface area contributed by atoms with Crippen molar-refractivity contribution >= 4 is 11.8 Å². The molecular weight excluding hydrogens is 286 g/mol. The van der Waals surface area contributed by atoms with Crippen molar-refractivity contribution in [3.8, 4) is 0 Å². The summed E-state index contributed by atoms with van der Waals surface area (Å²) in [4.78, 5) is 23.2. The predicted octanol–water partition coefficient (Wildman–Crippen LogP) is 2.22. The molecule has 116 valence electrons. The molecule has 2 heterocycles. The zero-order valence-electron chi connectivity index (χ0n) is 12.0. The lowest BCUT2D eigenvalue weighted by atomic mass is 9.89. The van der Waals surface area contributed by atoms with Crippen LogP contribution in [0.2, 0.25) is 0 Å². The number of nitrogens with one attached hydrogen (secondary N) is 1. The molecule has 8 heteroatoms. The summed E-state index contributed by atoms with van der Waals surface area (Å²) >= 11 is 0. The van der Waals surface area contributed by atoms with Crippen LogP contribution in [-0.4, -0.2) is 31.2 Å². The summed E-state index contributed by atoms with van der Waals surface area (Å²) in [5.41, 5.74) is -0.130. The molecular formula is C14H17N5O3. The molecule has 0 bridgehead atoms. The van der Waals surface area contributed by atoms with Crippen LogP contribution in [-0.2, 0) is 6.54 Å². The summed E-state index contributed by atoms with van der Waals surface area (Å²) in [6.45, 7) is 0.221. The Morgan fingerprint density at radius 1 is 1.27 bits per heavy atom. The molecule has 1 saturated carbocycles. The zero-order chi connectivity index (χ0) is 15.4. The largest absolute Gasteiger partial charge is 0.476 e. The van der Waals surface area contributed by atoms with Crippen molar-refractivity contribution in [1.82, 2.24) is 20.1 Å². The lowest BCUT2D eigenvalue weighted by Gasteiger charge is -2.17. The Labute approximate surface area is 127 Å². The summed E-state index contributed by atoms with van der Waals surface area (Å²) < 4.78 is 5.22. The highest BCUT2D eigenvalue weighted by molar-refractivity contribution is 5.90. The van der Waals surface area contributed by atoms with E-state index in [1.54, 1.807) is 0 Å². The molecule has 8 nitrogen and oxygen atoms in total. The van der Waals surface area contributed by atoms with Crippen molar-refractivity contribution < 1.29 is 14.4 Å². The van der Waals surface area contributed by atoms with Crippen LogP contribution in [0.5, 0.6) is 0 Å². The number of anilines is 1. The number of carbonyl (C=O) groups is 1. The lowest BCUT2D eigenvalue weighted by Crippen LogP contribution is -2.10. The normalized spacial score (nSPS) is 15.6. The first-order valence-electron chi connectivity index (χ1n) is 7.34. The quantitative estimate of drug-likeness (QED) is 0.864. The number of hydrogen-bond acceptors (Lipinski definition) is 7. The number of aromatic carboxylic acids is 1. The maximum Gasteiger partial charge on any atom is 0.358 e. The average Bonchev–Trinajstić information content (AvgIpc) is 3.03. The highest BCUT2D eigenvalue weighted by Crippen LogP contribution is 2.30. The highest BCUT2D eigenvalue weighted by atomic mass is 16.5. The molecule has 1 aliphatic carbocycles. The van der Waals surface area contributed by atoms with Gasteiger partial charge < -0.3 is 14.9 Å². The second kappa shape index (κ2) is 6.50. The number of carboxylic acid groups (broad SMARTS) is 1.